The summed E-state index contributed by atoms with van der Waals surface area (Å²) in [6, 6.07) is 23.1. The van der Waals surface area contributed by atoms with Crippen LogP contribution >= 0.6 is 0 Å². The fraction of sp³-hybridized carbons (Fsp3) is 0.367. The molecule has 0 aliphatic heterocycles. The standard InChI is InChI=1S/C30H36N2O2/c1-21(2)23-11-15-26(16-12-23)32(20-22-9-13-25(14-10-22)31(3)4)30(33)29-8-6-7-24-19-27(34-5)17-18-28(24)29/h9-19,21,29H,6-8,20H2,1-5H3. The summed E-state index contributed by atoms with van der Waals surface area (Å²) in [5.74, 6) is 1.34. The lowest BCUT2D eigenvalue weighted by molar-refractivity contribution is -0.120. The van der Waals surface area contributed by atoms with Crippen LogP contribution in [0.5, 0.6) is 5.75 Å². The van der Waals surface area contributed by atoms with Gasteiger partial charge in [-0.1, -0.05) is 44.2 Å². The van der Waals surface area contributed by atoms with Crippen molar-refractivity contribution >= 4 is 17.3 Å². The van der Waals surface area contributed by atoms with E-state index in [4.69, 9.17) is 4.74 Å². The number of fused-ring (bicyclic) bond motifs is 1. The van der Waals surface area contributed by atoms with Gasteiger partial charge in [-0.15, -0.1) is 0 Å². The van der Waals surface area contributed by atoms with Crippen LogP contribution in [0.3, 0.4) is 0 Å². The highest BCUT2D eigenvalue weighted by Crippen LogP contribution is 2.36. The number of aryl methyl sites for hydroxylation is 1. The van der Waals surface area contributed by atoms with Crippen LogP contribution in [0.2, 0.25) is 0 Å². The molecule has 1 aliphatic rings. The molecule has 0 saturated heterocycles. The van der Waals surface area contributed by atoms with Gasteiger partial charge in [-0.2, -0.15) is 0 Å². The Balaban J connectivity index is 1.68. The number of methoxy groups -OCH3 is 1. The molecular weight excluding hydrogens is 420 g/mol. The van der Waals surface area contributed by atoms with Gasteiger partial charge in [0.05, 0.1) is 19.6 Å². The summed E-state index contributed by atoms with van der Waals surface area (Å²) in [6.07, 6.45) is 2.87. The van der Waals surface area contributed by atoms with Gasteiger partial charge in [-0.3, -0.25) is 4.79 Å². The summed E-state index contributed by atoms with van der Waals surface area (Å²) < 4.78 is 5.43. The number of anilines is 2. The maximum atomic E-state index is 14.1. The molecule has 1 atom stereocenters. The second-order valence-corrected chi connectivity index (χ2v) is 9.74. The van der Waals surface area contributed by atoms with Crippen molar-refractivity contribution < 1.29 is 9.53 Å². The highest BCUT2D eigenvalue weighted by atomic mass is 16.5. The first-order valence-electron chi connectivity index (χ1n) is 12.2. The quantitative estimate of drug-likeness (QED) is 0.405. The van der Waals surface area contributed by atoms with Gasteiger partial charge >= 0.3 is 0 Å². The Labute approximate surface area is 204 Å². The average Bonchev–Trinajstić information content (AvgIpc) is 2.86. The molecule has 0 fully saturated rings. The molecule has 0 heterocycles. The molecular formula is C30H36N2O2. The number of hydrogen-bond acceptors (Lipinski definition) is 3. The van der Waals surface area contributed by atoms with E-state index in [1.807, 2.05) is 25.1 Å². The molecule has 1 aliphatic carbocycles. The molecule has 34 heavy (non-hydrogen) atoms. The highest BCUT2D eigenvalue weighted by Gasteiger charge is 2.31. The minimum Gasteiger partial charge on any atom is -0.497 e. The smallest absolute Gasteiger partial charge is 0.234 e. The first-order valence-corrected chi connectivity index (χ1v) is 12.2. The molecule has 3 aromatic rings. The lowest BCUT2D eigenvalue weighted by atomic mass is 9.81. The predicted octanol–water partition coefficient (Wildman–Crippen LogP) is 6.54. The van der Waals surface area contributed by atoms with Crippen molar-refractivity contribution in [1.29, 1.82) is 0 Å². The summed E-state index contributed by atoms with van der Waals surface area (Å²) in [5.41, 5.74) is 6.88. The van der Waals surface area contributed by atoms with E-state index in [9.17, 15) is 4.79 Å². The molecule has 1 unspecified atom stereocenters. The maximum Gasteiger partial charge on any atom is 0.234 e. The van der Waals surface area contributed by atoms with Crippen LogP contribution in [0, 0.1) is 0 Å². The zero-order valence-electron chi connectivity index (χ0n) is 21.0. The number of ether oxygens (including phenoxy) is 1. The molecule has 0 aromatic heterocycles. The van der Waals surface area contributed by atoms with Crippen molar-refractivity contribution in [2.24, 2.45) is 0 Å². The van der Waals surface area contributed by atoms with Crippen molar-refractivity contribution in [3.05, 3.63) is 89.0 Å². The third kappa shape index (κ3) is 5.11. The van der Waals surface area contributed by atoms with Crippen LogP contribution in [0.15, 0.2) is 66.7 Å². The number of rotatable bonds is 7. The molecule has 0 N–H and O–H groups in total. The molecule has 0 radical (unpaired) electrons. The zero-order valence-corrected chi connectivity index (χ0v) is 21.0. The molecule has 0 saturated carbocycles. The SMILES string of the molecule is COc1ccc2c(c1)CCCC2C(=O)N(Cc1ccc(N(C)C)cc1)c1ccc(C(C)C)cc1. The van der Waals surface area contributed by atoms with Crippen LogP contribution in [-0.2, 0) is 17.8 Å². The Morgan fingerprint density at radius 2 is 1.65 bits per heavy atom. The summed E-state index contributed by atoms with van der Waals surface area (Å²) in [4.78, 5) is 18.2. The van der Waals surface area contributed by atoms with E-state index < -0.39 is 0 Å². The molecule has 0 bridgehead atoms. The van der Waals surface area contributed by atoms with Gasteiger partial charge in [0.25, 0.3) is 0 Å². The molecule has 4 nitrogen and oxygen atoms in total. The predicted molar refractivity (Wildman–Crippen MR) is 141 cm³/mol. The average molecular weight is 457 g/mol. The molecule has 4 rings (SSSR count). The summed E-state index contributed by atoms with van der Waals surface area (Å²) in [6.45, 7) is 4.94. The van der Waals surface area contributed by atoms with E-state index >= 15 is 0 Å². The van der Waals surface area contributed by atoms with Gasteiger partial charge in [0.1, 0.15) is 5.75 Å². The fourth-order valence-electron chi connectivity index (χ4n) is 4.78. The topological polar surface area (TPSA) is 32.8 Å². The second-order valence-electron chi connectivity index (χ2n) is 9.74. The Morgan fingerprint density at radius 1 is 0.971 bits per heavy atom. The third-order valence-corrected chi connectivity index (χ3v) is 6.89. The number of hydrogen-bond donors (Lipinski definition) is 0. The first-order chi connectivity index (χ1) is 16.4. The van der Waals surface area contributed by atoms with Crippen molar-refractivity contribution in [2.75, 3.05) is 31.0 Å². The van der Waals surface area contributed by atoms with Gasteiger partial charge in [-0.05, 0) is 83.8 Å². The van der Waals surface area contributed by atoms with E-state index in [1.165, 1.54) is 11.1 Å². The number of carbonyl (C=O) groups is 1. The number of nitrogens with zero attached hydrogens (tertiary/aromatic N) is 2. The minimum atomic E-state index is -0.138. The lowest BCUT2D eigenvalue weighted by Crippen LogP contribution is -2.36. The normalized spacial score (nSPS) is 15.1. The summed E-state index contributed by atoms with van der Waals surface area (Å²) >= 11 is 0. The van der Waals surface area contributed by atoms with E-state index in [0.717, 1.165) is 47.5 Å². The Kier molecular flexibility index (Phi) is 7.26. The van der Waals surface area contributed by atoms with Crippen LogP contribution in [0.4, 0.5) is 11.4 Å². The van der Waals surface area contributed by atoms with Crippen LogP contribution in [-0.4, -0.2) is 27.1 Å². The number of benzene rings is 3. The van der Waals surface area contributed by atoms with Crippen molar-refractivity contribution in [3.63, 3.8) is 0 Å². The monoisotopic (exact) mass is 456 g/mol. The van der Waals surface area contributed by atoms with Crippen molar-refractivity contribution in [2.45, 2.75) is 51.5 Å². The van der Waals surface area contributed by atoms with E-state index in [1.54, 1.807) is 7.11 Å². The summed E-state index contributed by atoms with van der Waals surface area (Å²) in [7, 11) is 5.77. The van der Waals surface area contributed by atoms with Crippen LogP contribution in [0.1, 0.15) is 60.8 Å². The highest BCUT2D eigenvalue weighted by molar-refractivity contribution is 5.98. The van der Waals surface area contributed by atoms with E-state index in [-0.39, 0.29) is 11.8 Å². The summed E-state index contributed by atoms with van der Waals surface area (Å²) in [5, 5.41) is 0. The molecule has 4 heteroatoms. The van der Waals surface area contributed by atoms with Crippen molar-refractivity contribution in [3.8, 4) is 5.75 Å². The van der Waals surface area contributed by atoms with E-state index in [0.29, 0.717) is 12.5 Å². The zero-order chi connectivity index (χ0) is 24.2. The van der Waals surface area contributed by atoms with Gasteiger partial charge in [-0.25, -0.2) is 0 Å². The molecule has 1 amide bonds. The first kappa shape index (κ1) is 23.9. The Hall–Kier alpha value is -3.27. The van der Waals surface area contributed by atoms with Crippen LogP contribution < -0.4 is 14.5 Å². The van der Waals surface area contributed by atoms with Gasteiger partial charge in [0, 0.05) is 25.5 Å². The Bertz CT molecular complexity index is 1120. The lowest BCUT2D eigenvalue weighted by Gasteiger charge is -2.31. The Morgan fingerprint density at radius 3 is 2.26 bits per heavy atom. The fourth-order valence-corrected chi connectivity index (χ4v) is 4.78. The molecule has 0 spiro atoms. The van der Waals surface area contributed by atoms with Gasteiger partial charge < -0.3 is 14.5 Å². The number of amides is 1. The number of carbonyl (C=O) groups excluding carboxylic acids is 1. The van der Waals surface area contributed by atoms with E-state index in [2.05, 4.69) is 79.4 Å². The van der Waals surface area contributed by atoms with Crippen LogP contribution in [0.25, 0.3) is 0 Å². The minimum absolute atomic E-state index is 0.138. The largest absolute Gasteiger partial charge is 0.497 e. The van der Waals surface area contributed by atoms with Crippen molar-refractivity contribution in [1.82, 2.24) is 0 Å². The third-order valence-electron chi connectivity index (χ3n) is 6.89. The molecule has 3 aromatic carbocycles. The molecule has 178 valence electrons. The van der Waals surface area contributed by atoms with Gasteiger partial charge in [0.15, 0.2) is 0 Å². The second kappa shape index (κ2) is 10.3. The maximum absolute atomic E-state index is 14.1. The van der Waals surface area contributed by atoms with Gasteiger partial charge in [0.2, 0.25) is 5.91 Å².